The number of benzene rings is 3. The van der Waals surface area contributed by atoms with Gasteiger partial charge in [-0.3, -0.25) is 4.90 Å². The largest absolute Gasteiger partial charge is 0.292 e. The smallest absolute Gasteiger partial charge is 0.243 e. The van der Waals surface area contributed by atoms with Gasteiger partial charge in [-0.05, 0) is 79.6 Å². The number of nitrogens with zero attached hydrogens (tertiary/aromatic N) is 2. The van der Waals surface area contributed by atoms with E-state index in [2.05, 4.69) is 61.2 Å². The quantitative estimate of drug-likeness (QED) is 0.435. The summed E-state index contributed by atoms with van der Waals surface area (Å²) in [6.45, 7) is 7.37. The average molecular weight is 507 g/mol. The van der Waals surface area contributed by atoms with Gasteiger partial charge in [-0.1, -0.05) is 60.7 Å². The molecule has 2 aliphatic rings. The van der Waals surface area contributed by atoms with Crippen molar-refractivity contribution >= 4 is 10.0 Å². The van der Waals surface area contributed by atoms with Crippen LogP contribution in [0.5, 0.6) is 0 Å². The minimum Gasteiger partial charge on any atom is -0.292 e. The molecular weight excluding hydrogens is 471 g/mol. The molecule has 0 radical (unpaired) electrons. The van der Waals surface area contributed by atoms with E-state index in [0.29, 0.717) is 18.0 Å². The van der Waals surface area contributed by atoms with Crippen LogP contribution in [0.25, 0.3) is 11.1 Å². The molecule has 4 nitrogen and oxygen atoms in total. The minimum atomic E-state index is -3.62. The fourth-order valence-electron chi connectivity index (χ4n) is 6.03. The van der Waals surface area contributed by atoms with E-state index >= 15 is 0 Å². The predicted molar refractivity (Wildman–Crippen MR) is 144 cm³/mol. The molecule has 190 valence electrons. The molecule has 0 bridgehead atoms. The number of alkyl halides is 1. The first kappa shape index (κ1) is 25.1. The van der Waals surface area contributed by atoms with Crippen molar-refractivity contribution < 1.29 is 12.8 Å². The van der Waals surface area contributed by atoms with Crippen LogP contribution in [0.2, 0.25) is 0 Å². The molecule has 6 heteroatoms. The van der Waals surface area contributed by atoms with Crippen molar-refractivity contribution in [3.8, 4) is 11.1 Å². The number of halogens is 1. The molecule has 3 unspecified atom stereocenters. The van der Waals surface area contributed by atoms with Gasteiger partial charge in [-0.2, -0.15) is 4.31 Å². The Bertz CT molecular complexity index is 1340. The summed E-state index contributed by atoms with van der Waals surface area (Å²) in [5.74, 6) is -0.0321. The Morgan fingerprint density at radius 1 is 0.861 bits per heavy atom. The van der Waals surface area contributed by atoms with Gasteiger partial charge in [0.2, 0.25) is 10.0 Å². The maximum Gasteiger partial charge on any atom is 0.243 e. The van der Waals surface area contributed by atoms with Crippen LogP contribution >= 0.6 is 0 Å². The van der Waals surface area contributed by atoms with Gasteiger partial charge >= 0.3 is 0 Å². The zero-order valence-corrected chi connectivity index (χ0v) is 22.1. The summed E-state index contributed by atoms with van der Waals surface area (Å²) in [6.07, 6.45) is 1.65. The van der Waals surface area contributed by atoms with Crippen LogP contribution in [0.15, 0.2) is 71.6 Å². The van der Waals surface area contributed by atoms with Crippen molar-refractivity contribution in [1.29, 1.82) is 0 Å². The summed E-state index contributed by atoms with van der Waals surface area (Å²) >= 11 is 0. The van der Waals surface area contributed by atoms with Gasteiger partial charge in [-0.25, -0.2) is 12.8 Å². The molecule has 0 spiro atoms. The highest BCUT2D eigenvalue weighted by molar-refractivity contribution is 7.89. The van der Waals surface area contributed by atoms with Gasteiger partial charge in [0, 0.05) is 31.1 Å². The summed E-state index contributed by atoms with van der Waals surface area (Å²) in [5, 5.41) is 0. The normalized spacial score (nSPS) is 23.4. The van der Waals surface area contributed by atoms with Crippen LogP contribution in [-0.2, 0) is 10.0 Å². The van der Waals surface area contributed by atoms with Gasteiger partial charge in [-0.15, -0.1) is 0 Å². The molecule has 0 aromatic heterocycles. The first-order valence-corrected chi connectivity index (χ1v) is 14.3. The molecule has 2 heterocycles. The Balaban J connectivity index is 1.44. The summed E-state index contributed by atoms with van der Waals surface area (Å²) in [6, 6.07) is 21.7. The monoisotopic (exact) mass is 506 g/mol. The molecule has 3 aromatic rings. The number of hydrogen-bond donors (Lipinski definition) is 0. The van der Waals surface area contributed by atoms with Crippen LogP contribution in [0, 0.1) is 20.8 Å². The van der Waals surface area contributed by atoms with E-state index < -0.39 is 16.7 Å². The standard InChI is InChI=1S/C30H35FN2O2S/c1-21-10-8-11-26(23(21)3)24-13-15-25(16-14-24)30-27(19-31)33-18-7-6-17-32(20-28(30)33)36(34,35)29-12-5-4-9-22(29)2/h4-5,8-16,27-28,30H,6-7,17-20H2,1-3H3. The Labute approximate surface area is 214 Å². The molecule has 36 heavy (non-hydrogen) atoms. The molecule has 0 amide bonds. The first-order chi connectivity index (χ1) is 17.3. The summed E-state index contributed by atoms with van der Waals surface area (Å²) < 4.78 is 43.2. The molecule has 3 aromatic carbocycles. The summed E-state index contributed by atoms with van der Waals surface area (Å²) in [7, 11) is -3.62. The summed E-state index contributed by atoms with van der Waals surface area (Å²) in [4.78, 5) is 2.57. The molecule has 2 fully saturated rings. The van der Waals surface area contributed by atoms with Gasteiger partial charge in [0.05, 0.1) is 4.90 Å². The van der Waals surface area contributed by atoms with E-state index in [1.54, 1.807) is 16.4 Å². The van der Waals surface area contributed by atoms with Crippen LogP contribution in [0.3, 0.4) is 0 Å². The van der Waals surface area contributed by atoms with Crippen molar-refractivity contribution in [1.82, 2.24) is 9.21 Å². The number of sulfonamides is 1. The van der Waals surface area contributed by atoms with Crippen molar-refractivity contribution in [2.75, 3.05) is 26.3 Å². The van der Waals surface area contributed by atoms with Crippen LogP contribution in [0.1, 0.15) is 41.0 Å². The number of aryl methyl sites for hydroxylation is 2. The fraction of sp³-hybridized carbons (Fsp3) is 0.400. The van der Waals surface area contributed by atoms with E-state index in [-0.39, 0.29) is 18.0 Å². The molecule has 0 aliphatic carbocycles. The van der Waals surface area contributed by atoms with E-state index in [0.717, 1.165) is 36.1 Å². The highest BCUT2D eigenvalue weighted by Gasteiger charge is 2.50. The lowest BCUT2D eigenvalue weighted by Crippen LogP contribution is -2.67. The second-order valence-corrected chi connectivity index (χ2v) is 12.2. The average Bonchev–Trinajstić information content (AvgIpc) is 2.85. The second kappa shape index (κ2) is 10.1. The second-order valence-electron chi connectivity index (χ2n) is 10.3. The first-order valence-electron chi connectivity index (χ1n) is 12.9. The zero-order valence-electron chi connectivity index (χ0n) is 21.3. The van der Waals surface area contributed by atoms with Crippen molar-refractivity contribution in [2.24, 2.45) is 0 Å². The van der Waals surface area contributed by atoms with Crippen molar-refractivity contribution in [3.05, 3.63) is 89.0 Å². The molecule has 3 atom stereocenters. The van der Waals surface area contributed by atoms with E-state index in [4.69, 9.17) is 0 Å². The lowest BCUT2D eigenvalue weighted by atomic mass is 9.74. The van der Waals surface area contributed by atoms with E-state index in [1.807, 2.05) is 19.1 Å². The van der Waals surface area contributed by atoms with Crippen molar-refractivity contribution in [3.63, 3.8) is 0 Å². The predicted octanol–water partition coefficient (Wildman–Crippen LogP) is 5.87. The molecule has 0 N–H and O–H groups in total. The Morgan fingerprint density at radius 3 is 2.28 bits per heavy atom. The van der Waals surface area contributed by atoms with Crippen LogP contribution in [0.4, 0.5) is 4.39 Å². The van der Waals surface area contributed by atoms with Crippen LogP contribution in [-0.4, -0.2) is 56.0 Å². The number of rotatable bonds is 5. The fourth-order valence-corrected chi connectivity index (χ4v) is 7.75. The third kappa shape index (κ3) is 4.40. The number of fused-ring (bicyclic) bond motifs is 1. The molecule has 5 rings (SSSR count). The Kier molecular flexibility index (Phi) is 7.03. The van der Waals surface area contributed by atoms with Gasteiger partial charge in [0.1, 0.15) is 6.67 Å². The lowest BCUT2D eigenvalue weighted by molar-refractivity contribution is -0.0414. The third-order valence-corrected chi connectivity index (χ3v) is 10.3. The maximum atomic E-state index is 14.3. The zero-order chi connectivity index (χ0) is 25.4. The van der Waals surface area contributed by atoms with Gasteiger partial charge in [0.25, 0.3) is 0 Å². The summed E-state index contributed by atoms with van der Waals surface area (Å²) in [5.41, 5.74) is 6.72. The molecule has 0 saturated carbocycles. The lowest BCUT2D eigenvalue weighted by Gasteiger charge is -2.56. The van der Waals surface area contributed by atoms with E-state index in [1.165, 1.54) is 16.7 Å². The maximum absolute atomic E-state index is 14.3. The van der Waals surface area contributed by atoms with Crippen LogP contribution < -0.4 is 0 Å². The number of hydrogen-bond acceptors (Lipinski definition) is 3. The van der Waals surface area contributed by atoms with Gasteiger partial charge in [0.15, 0.2) is 0 Å². The Morgan fingerprint density at radius 2 is 1.56 bits per heavy atom. The highest BCUT2D eigenvalue weighted by atomic mass is 32.2. The van der Waals surface area contributed by atoms with Gasteiger partial charge < -0.3 is 0 Å². The molecular formula is C30H35FN2O2S. The van der Waals surface area contributed by atoms with Crippen molar-refractivity contribution in [2.45, 2.75) is 56.5 Å². The third-order valence-electron chi connectivity index (χ3n) is 8.23. The Hall–Kier alpha value is -2.54. The molecule has 2 aliphatic heterocycles. The topological polar surface area (TPSA) is 40.6 Å². The highest BCUT2D eigenvalue weighted by Crippen LogP contribution is 2.43. The molecule has 2 saturated heterocycles. The minimum absolute atomic E-state index is 0.0311. The SMILES string of the molecule is Cc1ccccc1S(=O)(=O)N1CCCCN2C(CF)C(c3ccc(-c4cccc(C)c4C)cc3)C2C1. The van der Waals surface area contributed by atoms with E-state index in [9.17, 15) is 12.8 Å².